The van der Waals surface area contributed by atoms with E-state index in [9.17, 15) is 40.8 Å². The van der Waals surface area contributed by atoms with Gasteiger partial charge in [0.05, 0.1) is 22.8 Å². The average molecular weight is 425 g/mol. The second-order valence-electron chi connectivity index (χ2n) is 5.40. The van der Waals surface area contributed by atoms with Crippen molar-refractivity contribution in [3.8, 4) is 11.5 Å². The van der Waals surface area contributed by atoms with Crippen LogP contribution in [0.1, 0.15) is 11.1 Å². The van der Waals surface area contributed by atoms with Crippen LogP contribution in [-0.4, -0.2) is 17.9 Å². The zero-order valence-electron chi connectivity index (χ0n) is 13.6. The molecule has 0 spiro atoms. The van der Waals surface area contributed by atoms with Crippen LogP contribution in [0.3, 0.4) is 0 Å². The molecule has 3 rings (SSSR count). The van der Waals surface area contributed by atoms with Gasteiger partial charge < -0.3 is 9.47 Å². The number of hydrogen-bond donors (Lipinski definition) is 1. The number of halogens is 7. The van der Waals surface area contributed by atoms with E-state index < -0.39 is 51.3 Å². The molecule has 14 heteroatoms. The monoisotopic (exact) mass is 425 g/mol. The van der Waals surface area contributed by atoms with Crippen molar-refractivity contribution < 1.29 is 45.1 Å². The highest BCUT2D eigenvalue weighted by Gasteiger charge is 2.42. The van der Waals surface area contributed by atoms with Gasteiger partial charge in [0.2, 0.25) is 6.79 Å². The van der Waals surface area contributed by atoms with Gasteiger partial charge in [-0.3, -0.25) is 15.5 Å². The van der Waals surface area contributed by atoms with Gasteiger partial charge in [-0.2, -0.15) is 18.3 Å². The Morgan fingerprint density at radius 2 is 1.59 bits per heavy atom. The molecule has 2 aromatic carbocycles. The molecule has 2 aromatic rings. The van der Waals surface area contributed by atoms with Gasteiger partial charge in [0.15, 0.2) is 34.8 Å². The number of fused-ring (bicyclic) bond motifs is 1. The predicted octanol–water partition coefficient (Wildman–Crippen LogP) is 4.34. The summed E-state index contributed by atoms with van der Waals surface area (Å²) in [5.41, 5.74) is -3.73. The summed E-state index contributed by atoms with van der Waals surface area (Å²) in [4.78, 5) is 10.2. The van der Waals surface area contributed by atoms with Crippen molar-refractivity contribution in [1.29, 1.82) is 0 Å². The summed E-state index contributed by atoms with van der Waals surface area (Å²) in [6.45, 7) is -0.216. The van der Waals surface area contributed by atoms with Crippen molar-refractivity contribution in [2.75, 3.05) is 12.2 Å². The van der Waals surface area contributed by atoms with Crippen molar-refractivity contribution >= 4 is 17.6 Å². The summed E-state index contributed by atoms with van der Waals surface area (Å²) in [6.07, 6.45) is -5.04. The molecule has 0 radical (unpaired) electrons. The maximum Gasteiger partial charge on any atom is 0.422 e. The minimum atomic E-state index is -5.69. The molecule has 0 saturated carbocycles. The van der Waals surface area contributed by atoms with Crippen LogP contribution in [0.25, 0.3) is 0 Å². The normalized spacial score (nSPS) is 13.2. The van der Waals surface area contributed by atoms with E-state index in [1.54, 1.807) is 0 Å². The molecule has 0 amide bonds. The fourth-order valence-electron chi connectivity index (χ4n) is 2.35. The molecule has 1 N–H and O–H groups in total. The Hall–Kier alpha value is -3.58. The van der Waals surface area contributed by atoms with E-state index in [1.165, 1.54) is 5.43 Å². The number of nitrogens with one attached hydrogen (secondary N) is 1. The minimum Gasteiger partial charge on any atom is -0.454 e. The molecule has 1 heterocycles. The number of alkyl halides is 3. The summed E-state index contributed by atoms with van der Waals surface area (Å²) in [7, 11) is 0. The highest BCUT2D eigenvalue weighted by atomic mass is 19.4. The summed E-state index contributed by atoms with van der Waals surface area (Å²) in [6, 6.07) is 2.06. The van der Waals surface area contributed by atoms with Gasteiger partial charge >= 0.3 is 6.18 Å². The van der Waals surface area contributed by atoms with Crippen LogP contribution >= 0.6 is 0 Å². The lowest BCUT2D eigenvalue weighted by atomic mass is 10.1. The molecule has 1 aliphatic heterocycles. The van der Waals surface area contributed by atoms with Crippen molar-refractivity contribution in [3.63, 3.8) is 0 Å². The van der Waals surface area contributed by atoms with Crippen LogP contribution in [0.4, 0.5) is 42.1 Å². The van der Waals surface area contributed by atoms with Gasteiger partial charge in [0.25, 0.3) is 5.69 Å². The van der Waals surface area contributed by atoms with Crippen LogP contribution in [0.5, 0.6) is 11.5 Å². The fraction of sp³-hybridized carbons (Fsp3) is 0.133. The van der Waals surface area contributed by atoms with Crippen molar-refractivity contribution in [2.45, 2.75) is 6.18 Å². The van der Waals surface area contributed by atoms with E-state index in [2.05, 4.69) is 5.10 Å². The number of benzene rings is 2. The first-order chi connectivity index (χ1) is 13.5. The average Bonchev–Trinajstić information content (AvgIpc) is 3.08. The maximum atomic E-state index is 13.8. The van der Waals surface area contributed by atoms with Gasteiger partial charge in [0.1, 0.15) is 11.3 Å². The van der Waals surface area contributed by atoms with Crippen LogP contribution in [0.2, 0.25) is 0 Å². The molecule has 0 bridgehead atoms. The number of hydrazone groups is 1. The molecule has 1 aliphatic rings. The Labute approximate surface area is 155 Å². The summed E-state index contributed by atoms with van der Waals surface area (Å²) < 4.78 is 102. The molecule has 0 saturated heterocycles. The van der Waals surface area contributed by atoms with Crippen LogP contribution < -0.4 is 14.9 Å². The smallest absolute Gasteiger partial charge is 0.422 e. The van der Waals surface area contributed by atoms with Gasteiger partial charge in [0, 0.05) is 0 Å². The van der Waals surface area contributed by atoms with Gasteiger partial charge in [-0.05, 0) is 6.07 Å². The maximum absolute atomic E-state index is 13.8. The summed E-state index contributed by atoms with van der Waals surface area (Å²) in [5, 5.41) is 14.3. The fourth-order valence-corrected chi connectivity index (χ4v) is 2.35. The predicted molar refractivity (Wildman–Crippen MR) is 81.7 cm³/mol. The van der Waals surface area contributed by atoms with Crippen molar-refractivity contribution in [2.24, 2.45) is 5.10 Å². The number of nitrogens with zero attached hydrogens (tertiary/aromatic N) is 2. The lowest BCUT2D eigenvalue weighted by Gasteiger charge is -2.13. The van der Waals surface area contributed by atoms with Crippen molar-refractivity contribution in [3.05, 3.63) is 56.6 Å². The zero-order valence-corrected chi connectivity index (χ0v) is 13.6. The Bertz CT molecular complexity index is 1010. The number of nitro groups is 1. The Kier molecular flexibility index (Phi) is 4.94. The van der Waals surface area contributed by atoms with Crippen LogP contribution in [0.15, 0.2) is 17.2 Å². The molecule has 0 atom stereocenters. The highest BCUT2D eigenvalue weighted by Crippen LogP contribution is 2.39. The number of nitro benzene ring substituents is 1. The first-order valence-corrected chi connectivity index (χ1v) is 7.32. The molecule has 154 valence electrons. The third-order valence-corrected chi connectivity index (χ3v) is 3.65. The number of rotatable bonds is 4. The first kappa shape index (κ1) is 20.2. The topological polar surface area (TPSA) is 86.0 Å². The number of anilines is 1. The van der Waals surface area contributed by atoms with E-state index in [1.807, 2.05) is 0 Å². The molecule has 29 heavy (non-hydrogen) atoms. The third kappa shape index (κ3) is 3.60. The minimum absolute atomic E-state index is 0.0470. The zero-order chi connectivity index (χ0) is 21.5. The SMILES string of the molecule is O=[N+]([O-])c1cc2c(cc1/C=N\Nc1c(F)c(F)c(C(F)(F)F)c(F)c1F)OCO2. The summed E-state index contributed by atoms with van der Waals surface area (Å²) in [5.74, 6) is -9.99. The van der Waals surface area contributed by atoms with Gasteiger partial charge in [-0.25, -0.2) is 17.6 Å². The van der Waals surface area contributed by atoms with Crippen LogP contribution in [0, 0.1) is 33.4 Å². The van der Waals surface area contributed by atoms with E-state index in [4.69, 9.17) is 9.47 Å². The standard InChI is InChI=1S/C15H6F7N3O4/c16-10-9(15(20,21)22)11(17)13(19)14(12(10)18)24-23-3-5-1-7-8(29-4-28-7)2-6(5)25(26)27/h1-3,24H,4H2/b23-3-. The Morgan fingerprint density at radius 1 is 1.03 bits per heavy atom. The molecular weight excluding hydrogens is 419 g/mol. The second kappa shape index (κ2) is 7.10. The number of hydrogen-bond acceptors (Lipinski definition) is 6. The Morgan fingerprint density at radius 3 is 2.10 bits per heavy atom. The highest BCUT2D eigenvalue weighted by molar-refractivity contribution is 5.87. The van der Waals surface area contributed by atoms with E-state index in [0.29, 0.717) is 6.21 Å². The molecule has 0 unspecified atom stereocenters. The number of ether oxygens (including phenoxy) is 2. The van der Waals surface area contributed by atoms with Gasteiger partial charge in [-0.1, -0.05) is 0 Å². The molecule has 0 aliphatic carbocycles. The summed E-state index contributed by atoms with van der Waals surface area (Å²) >= 11 is 0. The largest absolute Gasteiger partial charge is 0.454 e. The molecular formula is C15H6F7N3O4. The Balaban J connectivity index is 1.97. The quantitative estimate of drug-likeness (QED) is 0.259. The first-order valence-electron chi connectivity index (χ1n) is 7.32. The molecule has 0 aromatic heterocycles. The van der Waals surface area contributed by atoms with E-state index in [-0.39, 0.29) is 23.9 Å². The van der Waals surface area contributed by atoms with Gasteiger partial charge in [-0.15, -0.1) is 0 Å². The molecule has 0 fully saturated rings. The van der Waals surface area contributed by atoms with Crippen molar-refractivity contribution in [1.82, 2.24) is 0 Å². The van der Waals surface area contributed by atoms with E-state index >= 15 is 0 Å². The lowest BCUT2D eigenvalue weighted by Crippen LogP contribution is -2.16. The lowest BCUT2D eigenvalue weighted by molar-refractivity contribution is -0.385. The second-order valence-corrected chi connectivity index (χ2v) is 5.40. The molecule has 7 nitrogen and oxygen atoms in total. The van der Waals surface area contributed by atoms with Crippen LogP contribution in [-0.2, 0) is 6.18 Å². The van der Waals surface area contributed by atoms with E-state index in [0.717, 1.165) is 12.1 Å². The third-order valence-electron chi connectivity index (χ3n) is 3.65.